The third-order valence-corrected chi connectivity index (χ3v) is 7.26. The number of allylic oxidation sites excluding steroid dienone is 3. The van der Waals surface area contributed by atoms with Gasteiger partial charge in [0.2, 0.25) is 0 Å². The number of rotatable bonds is 18. The van der Waals surface area contributed by atoms with Crippen molar-refractivity contribution in [1.82, 2.24) is 15.1 Å². The summed E-state index contributed by atoms with van der Waals surface area (Å²) < 4.78 is 12.9. The van der Waals surface area contributed by atoms with Gasteiger partial charge in [-0.3, -0.25) is 14.3 Å². The molecule has 0 spiro atoms. The Hall–Kier alpha value is -3.71. The van der Waals surface area contributed by atoms with Gasteiger partial charge in [-0.25, -0.2) is 0 Å². The Bertz CT molecular complexity index is 1320. The fourth-order valence-electron chi connectivity index (χ4n) is 5.02. The van der Waals surface area contributed by atoms with Crippen LogP contribution >= 0.6 is 0 Å². The molecular weight excluding hydrogens is 514 g/mol. The zero-order chi connectivity index (χ0) is 29.6. The Morgan fingerprint density at radius 1 is 1.12 bits per heavy atom. The number of ether oxygens (including phenoxy) is 2. The number of unbranched alkanes of at least 4 members (excludes halogenated alkanes) is 1. The van der Waals surface area contributed by atoms with Gasteiger partial charge in [-0.15, -0.1) is 6.58 Å². The number of nitrogens with one attached hydrogen (secondary N) is 1. The average Bonchev–Trinajstić information content (AvgIpc) is 3.37. The standard InChI is InChI=1S/C34H45N3O4/c1-6-8-9-12-25(3)41-29-17-15-28(16-18-29)33(38)14-10-13-27(11-7-2)23-37-24-31-26(4)30(19-20-32(31)36-37)34(39)35-21-22-40-5/h6,12,15-20,24,27H,1,7-11,13-14,21-23H2,2-5H3,(H,35,39)/b25-12+. The van der Waals surface area contributed by atoms with Crippen molar-refractivity contribution in [2.24, 2.45) is 5.92 Å². The fraction of sp³-hybridized carbons (Fsp3) is 0.441. The van der Waals surface area contributed by atoms with Gasteiger partial charge >= 0.3 is 0 Å². The summed E-state index contributed by atoms with van der Waals surface area (Å²) in [5.41, 5.74) is 3.19. The molecule has 0 saturated carbocycles. The molecule has 0 fully saturated rings. The highest BCUT2D eigenvalue weighted by molar-refractivity contribution is 6.00. The van der Waals surface area contributed by atoms with Crippen molar-refractivity contribution in [1.29, 1.82) is 0 Å². The van der Waals surface area contributed by atoms with Crippen molar-refractivity contribution in [3.05, 3.63) is 83.8 Å². The molecule has 0 aliphatic heterocycles. The average molecular weight is 560 g/mol. The van der Waals surface area contributed by atoms with E-state index in [0.29, 0.717) is 36.6 Å². The van der Waals surface area contributed by atoms with Crippen LogP contribution in [0.2, 0.25) is 0 Å². The van der Waals surface area contributed by atoms with Crippen LogP contribution in [0.25, 0.3) is 10.9 Å². The topological polar surface area (TPSA) is 82.5 Å². The molecule has 7 heteroatoms. The number of benzene rings is 2. The summed E-state index contributed by atoms with van der Waals surface area (Å²) in [5.74, 6) is 2.05. The molecule has 41 heavy (non-hydrogen) atoms. The van der Waals surface area contributed by atoms with Crippen molar-refractivity contribution in [3.8, 4) is 5.75 Å². The van der Waals surface area contributed by atoms with E-state index >= 15 is 0 Å². The molecule has 0 aliphatic rings. The summed E-state index contributed by atoms with van der Waals surface area (Å²) in [6.45, 7) is 11.6. The number of hydrogen-bond acceptors (Lipinski definition) is 5. The molecule has 2 aromatic carbocycles. The smallest absolute Gasteiger partial charge is 0.251 e. The molecule has 7 nitrogen and oxygen atoms in total. The first-order valence-electron chi connectivity index (χ1n) is 14.7. The molecule has 220 valence electrons. The number of Topliss-reactive ketones (excluding diaryl/α,β-unsaturated/α-hetero) is 1. The first-order chi connectivity index (χ1) is 19.9. The number of amides is 1. The minimum atomic E-state index is -0.101. The number of methoxy groups -OCH3 is 1. The lowest BCUT2D eigenvalue weighted by molar-refractivity contribution is 0.0935. The second-order valence-corrected chi connectivity index (χ2v) is 10.5. The second kappa shape index (κ2) is 16.5. The molecule has 1 aromatic heterocycles. The zero-order valence-corrected chi connectivity index (χ0v) is 25.1. The first kappa shape index (κ1) is 31.8. The Morgan fingerprint density at radius 3 is 2.61 bits per heavy atom. The normalized spacial score (nSPS) is 12.3. The molecule has 1 heterocycles. The van der Waals surface area contributed by atoms with Gasteiger partial charge in [-0.05, 0) is 99.9 Å². The number of hydrogen-bond donors (Lipinski definition) is 1. The lowest BCUT2D eigenvalue weighted by atomic mass is 9.95. The van der Waals surface area contributed by atoms with Gasteiger partial charge in [0.05, 0.1) is 17.9 Å². The van der Waals surface area contributed by atoms with E-state index in [1.54, 1.807) is 7.11 Å². The summed E-state index contributed by atoms with van der Waals surface area (Å²) in [6.07, 6.45) is 12.2. The van der Waals surface area contributed by atoms with E-state index in [2.05, 4.69) is 18.8 Å². The van der Waals surface area contributed by atoms with E-state index in [1.165, 1.54) is 0 Å². The van der Waals surface area contributed by atoms with E-state index in [0.717, 1.165) is 73.0 Å². The minimum absolute atomic E-state index is 0.101. The van der Waals surface area contributed by atoms with Crippen LogP contribution in [-0.4, -0.2) is 41.7 Å². The highest BCUT2D eigenvalue weighted by Gasteiger charge is 2.16. The Balaban J connectivity index is 1.55. The molecule has 0 radical (unpaired) electrons. The van der Waals surface area contributed by atoms with Crippen LogP contribution in [0.3, 0.4) is 0 Å². The van der Waals surface area contributed by atoms with Crippen LogP contribution in [-0.2, 0) is 11.3 Å². The highest BCUT2D eigenvalue weighted by Crippen LogP contribution is 2.24. The van der Waals surface area contributed by atoms with Crippen molar-refractivity contribution in [3.63, 3.8) is 0 Å². The van der Waals surface area contributed by atoms with Gasteiger partial charge in [0.15, 0.2) is 5.78 Å². The Labute approximate surface area is 244 Å². The van der Waals surface area contributed by atoms with Crippen LogP contribution in [0.1, 0.15) is 85.1 Å². The van der Waals surface area contributed by atoms with Gasteiger partial charge in [0.1, 0.15) is 5.75 Å². The first-order valence-corrected chi connectivity index (χ1v) is 14.7. The largest absolute Gasteiger partial charge is 0.462 e. The summed E-state index contributed by atoms with van der Waals surface area (Å²) in [6, 6.07) is 11.2. The zero-order valence-electron chi connectivity index (χ0n) is 25.1. The maximum absolute atomic E-state index is 12.9. The monoisotopic (exact) mass is 559 g/mol. The van der Waals surface area contributed by atoms with Crippen molar-refractivity contribution < 1.29 is 19.1 Å². The molecule has 3 aromatic rings. The maximum atomic E-state index is 12.9. The molecule has 0 aliphatic carbocycles. The third kappa shape index (κ3) is 9.71. The van der Waals surface area contributed by atoms with E-state index in [1.807, 2.05) is 73.3 Å². The lowest BCUT2D eigenvalue weighted by Crippen LogP contribution is -2.27. The molecular formula is C34H45N3O4. The predicted molar refractivity (Wildman–Crippen MR) is 166 cm³/mol. The number of carbonyl (C=O) groups excluding carboxylic acids is 2. The van der Waals surface area contributed by atoms with E-state index in [4.69, 9.17) is 14.6 Å². The highest BCUT2D eigenvalue weighted by atomic mass is 16.5. The SMILES string of the molecule is C=CCC/C=C(\C)Oc1ccc(C(=O)CCCC(CCC)Cn2cc3c(C)c(C(=O)NCCOC)ccc3n2)cc1. The number of nitrogens with zero attached hydrogens (tertiary/aromatic N) is 2. The minimum Gasteiger partial charge on any atom is -0.462 e. The summed E-state index contributed by atoms with van der Waals surface area (Å²) in [4.78, 5) is 25.5. The third-order valence-electron chi connectivity index (χ3n) is 7.26. The number of carbonyl (C=O) groups is 2. The number of aromatic nitrogens is 2. The van der Waals surface area contributed by atoms with Crippen LogP contribution in [0.4, 0.5) is 0 Å². The van der Waals surface area contributed by atoms with Crippen molar-refractivity contribution in [2.45, 2.75) is 72.3 Å². The van der Waals surface area contributed by atoms with Gasteiger partial charge in [-0.2, -0.15) is 5.10 Å². The molecule has 3 rings (SSSR count). The van der Waals surface area contributed by atoms with Crippen molar-refractivity contribution >= 4 is 22.6 Å². The van der Waals surface area contributed by atoms with E-state index in [-0.39, 0.29) is 11.7 Å². The fourth-order valence-corrected chi connectivity index (χ4v) is 5.02. The summed E-state index contributed by atoms with van der Waals surface area (Å²) in [7, 11) is 1.61. The molecule has 1 amide bonds. The van der Waals surface area contributed by atoms with Crippen molar-refractivity contribution in [2.75, 3.05) is 20.3 Å². The Morgan fingerprint density at radius 2 is 1.90 bits per heavy atom. The molecule has 1 unspecified atom stereocenters. The quantitative estimate of drug-likeness (QED) is 0.0758. The predicted octanol–water partition coefficient (Wildman–Crippen LogP) is 7.44. The van der Waals surface area contributed by atoms with Crippen LogP contribution in [0.5, 0.6) is 5.75 Å². The molecule has 1 N–H and O–H groups in total. The summed E-state index contributed by atoms with van der Waals surface area (Å²) in [5, 5.41) is 8.67. The maximum Gasteiger partial charge on any atom is 0.251 e. The van der Waals surface area contributed by atoms with E-state index < -0.39 is 0 Å². The molecule has 0 bridgehead atoms. The van der Waals surface area contributed by atoms with Crippen LogP contribution in [0, 0.1) is 12.8 Å². The second-order valence-electron chi connectivity index (χ2n) is 10.5. The lowest BCUT2D eigenvalue weighted by Gasteiger charge is -2.16. The van der Waals surface area contributed by atoms with Crippen LogP contribution < -0.4 is 10.1 Å². The van der Waals surface area contributed by atoms with Crippen LogP contribution in [0.15, 0.2) is 67.1 Å². The van der Waals surface area contributed by atoms with Gasteiger partial charge in [-0.1, -0.05) is 19.4 Å². The van der Waals surface area contributed by atoms with Gasteiger partial charge in [0.25, 0.3) is 5.91 Å². The Kier molecular flexibility index (Phi) is 12.8. The van der Waals surface area contributed by atoms with Gasteiger partial charge < -0.3 is 14.8 Å². The number of ketones is 1. The number of aryl methyl sites for hydroxylation is 1. The van der Waals surface area contributed by atoms with Gasteiger partial charge in [0, 0.05) is 49.3 Å². The van der Waals surface area contributed by atoms with E-state index in [9.17, 15) is 9.59 Å². The number of fused-ring (bicyclic) bond motifs is 1. The molecule has 1 atom stereocenters. The molecule has 0 saturated heterocycles. The summed E-state index contributed by atoms with van der Waals surface area (Å²) >= 11 is 0.